The second-order valence-corrected chi connectivity index (χ2v) is 4.81. The number of hydrogen-bond acceptors (Lipinski definition) is 3. The molecule has 0 amide bonds. The lowest BCUT2D eigenvalue weighted by atomic mass is 10.1. The smallest absolute Gasteiger partial charge is 0.144 e. The van der Waals surface area contributed by atoms with Crippen LogP contribution in [0.15, 0.2) is 18.2 Å². The Balaban J connectivity index is 2.12. The molecule has 1 aliphatic rings. The third-order valence-electron chi connectivity index (χ3n) is 3.57. The summed E-state index contributed by atoms with van der Waals surface area (Å²) in [5.41, 5.74) is 7.84. The molecule has 3 heteroatoms. The minimum Gasteiger partial charge on any atom is -0.492 e. The zero-order valence-electron chi connectivity index (χ0n) is 10.7. The van der Waals surface area contributed by atoms with E-state index in [1.807, 2.05) is 25.1 Å². The SMILES string of the molecule is CCOc1cccc(NC2CCCC2C)c1N. The topological polar surface area (TPSA) is 47.3 Å². The lowest BCUT2D eigenvalue weighted by Crippen LogP contribution is -2.22. The molecule has 0 saturated heterocycles. The van der Waals surface area contributed by atoms with E-state index >= 15 is 0 Å². The molecule has 17 heavy (non-hydrogen) atoms. The van der Waals surface area contributed by atoms with Crippen molar-refractivity contribution >= 4 is 11.4 Å². The predicted octanol–water partition coefficient (Wildman–Crippen LogP) is 3.27. The largest absolute Gasteiger partial charge is 0.492 e. The van der Waals surface area contributed by atoms with E-state index in [2.05, 4.69) is 12.2 Å². The van der Waals surface area contributed by atoms with Crippen LogP contribution < -0.4 is 15.8 Å². The molecule has 0 spiro atoms. The highest BCUT2D eigenvalue weighted by Crippen LogP contribution is 2.33. The van der Waals surface area contributed by atoms with Gasteiger partial charge in [-0.25, -0.2) is 0 Å². The Morgan fingerprint density at radius 3 is 2.88 bits per heavy atom. The number of anilines is 2. The van der Waals surface area contributed by atoms with Crippen molar-refractivity contribution in [3.63, 3.8) is 0 Å². The van der Waals surface area contributed by atoms with Crippen LogP contribution in [0.2, 0.25) is 0 Å². The van der Waals surface area contributed by atoms with Crippen LogP contribution in [0, 0.1) is 5.92 Å². The summed E-state index contributed by atoms with van der Waals surface area (Å²) in [4.78, 5) is 0. The number of nitrogens with two attached hydrogens (primary N) is 1. The Bertz CT molecular complexity index is 378. The Kier molecular flexibility index (Phi) is 3.77. The lowest BCUT2D eigenvalue weighted by molar-refractivity contribution is 0.342. The molecule has 2 atom stereocenters. The van der Waals surface area contributed by atoms with Gasteiger partial charge in [-0.3, -0.25) is 0 Å². The molecule has 1 fully saturated rings. The number of nitrogens with one attached hydrogen (secondary N) is 1. The zero-order valence-corrected chi connectivity index (χ0v) is 10.7. The molecule has 3 N–H and O–H groups in total. The first-order valence-corrected chi connectivity index (χ1v) is 6.50. The minimum absolute atomic E-state index is 0.550. The van der Waals surface area contributed by atoms with E-state index in [1.54, 1.807) is 0 Å². The Morgan fingerprint density at radius 2 is 2.24 bits per heavy atom. The summed E-state index contributed by atoms with van der Waals surface area (Å²) in [6, 6.07) is 6.49. The van der Waals surface area contributed by atoms with Gasteiger partial charge < -0.3 is 15.8 Å². The molecule has 0 aromatic heterocycles. The van der Waals surface area contributed by atoms with Gasteiger partial charge in [0.2, 0.25) is 0 Å². The van der Waals surface area contributed by atoms with Crippen molar-refractivity contribution < 1.29 is 4.74 Å². The monoisotopic (exact) mass is 234 g/mol. The maximum absolute atomic E-state index is 6.11. The predicted molar refractivity (Wildman–Crippen MR) is 72.4 cm³/mol. The Morgan fingerprint density at radius 1 is 1.41 bits per heavy atom. The molecular formula is C14H22N2O. The van der Waals surface area contributed by atoms with Crippen molar-refractivity contribution in [2.24, 2.45) is 5.92 Å². The fraction of sp³-hybridized carbons (Fsp3) is 0.571. The fourth-order valence-electron chi connectivity index (χ4n) is 2.51. The van der Waals surface area contributed by atoms with Crippen molar-refractivity contribution in [1.29, 1.82) is 0 Å². The molecule has 2 unspecified atom stereocenters. The van der Waals surface area contributed by atoms with E-state index in [0.717, 1.165) is 23.0 Å². The van der Waals surface area contributed by atoms with Gasteiger partial charge in [-0.05, 0) is 37.8 Å². The van der Waals surface area contributed by atoms with Crippen LogP contribution in [0.5, 0.6) is 5.75 Å². The van der Waals surface area contributed by atoms with Gasteiger partial charge in [0.1, 0.15) is 5.75 Å². The quantitative estimate of drug-likeness (QED) is 0.786. The summed E-state index contributed by atoms with van der Waals surface area (Å²) >= 11 is 0. The highest BCUT2D eigenvalue weighted by Gasteiger charge is 2.23. The maximum Gasteiger partial charge on any atom is 0.144 e. The molecule has 1 aliphatic carbocycles. The summed E-state index contributed by atoms with van der Waals surface area (Å²) in [6.07, 6.45) is 3.85. The number of para-hydroxylation sites is 1. The van der Waals surface area contributed by atoms with Gasteiger partial charge in [-0.15, -0.1) is 0 Å². The van der Waals surface area contributed by atoms with Crippen LogP contribution in [0.4, 0.5) is 11.4 Å². The van der Waals surface area contributed by atoms with E-state index in [9.17, 15) is 0 Å². The van der Waals surface area contributed by atoms with Crippen LogP contribution in [-0.2, 0) is 0 Å². The molecule has 1 aromatic carbocycles. The highest BCUT2D eigenvalue weighted by molar-refractivity contribution is 5.73. The average Bonchev–Trinajstić information content (AvgIpc) is 2.70. The molecule has 1 saturated carbocycles. The molecule has 94 valence electrons. The maximum atomic E-state index is 6.11. The number of rotatable bonds is 4. The van der Waals surface area contributed by atoms with E-state index < -0.39 is 0 Å². The van der Waals surface area contributed by atoms with Gasteiger partial charge in [0.15, 0.2) is 0 Å². The van der Waals surface area contributed by atoms with Crippen molar-refractivity contribution in [1.82, 2.24) is 0 Å². The molecular weight excluding hydrogens is 212 g/mol. The number of ether oxygens (including phenoxy) is 1. The summed E-state index contributed by atoms with van der Waals surface area (Å²) in [7, 11) is 0. The van der Waals surface area contributed by atoms with Gasteiger partial charge >= 0.3 is 0 Å². The molecule has 0 bridgehead atoms. The van der Waals surface area contributed by atoms with Crippen molar-refractivity contribution in [3.05, 3.63) is 18.2 Å². The molecule has 1 aromatic rings. The second kappa shape index (κ2) is 5.30. The number of nitrogen functional groups attached to an aromatic ring is 1. The minimum atomic E-state index is 0.550. The third kappa shape index (κ3) is 2.65. The summed E-state index contributed by atoms with van der Waals surface area (Å²) < 4.78 is 5.50. The van der Waals surface area contributed by atoms with E-state index in [-0.39, 0.29) is 0 Å². The molecule has 3 nitrogen and oxygen atoms in total. The summed E-state index contributed by atoms with van der Waals surface area (Å²) in [5.74, 6) is 1.51. The first-order valence-electron chi connectivity index (χ1n) is 6.50. The number of hydrogen-bond donors (Lipinski definition) is 2. The van der Waals surface area contributed by atoms with Crippen LogP contribution in [0.25, 0.3) is 0 Å². The van der Waals surface area contributed by atoms with Gasteiger partial charge in [0.25, 0.3) is 0 Å². The molecule has 0 heterocycles. The van der Waals surface area contributed by atoms with Crippen molar-refractivity contribution in [2.75, 3.05) is 17.7 Å². The van der Waals surface area contributed by atoms with Crippen molar-refractivity contribution in [3.8, 4) is 5.75 Å². The third-order valence-corrected chi connectivity index (χ3v) is 3.57. The highest BCUT2D eigenvalue weighted by atomic mass is 16.5. The lowest BCUT2D eigenvalue weighted by Gasteiger charge is -2.21. The standard InChI is InChI=1S/C14H22N2O/c1-3-17-13-9-5-8-12(14(13)15)16-11-7-4-6-10(11)2/h5,8-11,16H,3-4,6-7,15H2,1-2H3. The Hall–Kier alpha value is -1.38. The fourth-order valence-corrected chi connectivity index (χ4v) is 2.51. The molecule has 2 rings (SSSR count). The molecule has 0 aliphatic heterocycles. The average molecular weight is 234 g/mol. The first kappa shape index (κ1) is 12.1. The second-order valence-electron chi connectivity index (χ2n) is 4.81. The van der Waals surface area contributed by atoms with Gasteiger partial charge in [-0.2, -0.15) is 0 Å². The van der Waals surface area contributed by atoms with E-state index in [1.165, 1.54) is 19.3 Å². The van der Waals surface area contributed by atoms with Crippen LogP contribution in [0.3, 0.4) is 0 Å². The van der Waals surface area contributed by atoms with Gasteiger partial charge in [0.05, 0.1) is 18.0 Å². The van der Waals surface area contributed by atoms with Crippen LogP contribution in [-0.4, -0.2) is 12.6 Å². The zero-order chi connectivity index (χ0) is 12.3. The summed E-state index contributed by atoms with van der Waals surface area (Å²) in [6.45, 7) is 4.92. The van der Waals surface area contributed by atoms with Gasteiger partial charge in [-0.1, -0.05) is 19.4 Å². The molecule has 0 radical (unpaired) electrons. The summed E-state index contributed by atoms with van der Waals surface area (Å²) in [5, 5.41) is 3.55. The van der Waals surface area contributed by atoms with Crippen LogP contribution >= 0.6 is 0 Å². The number of benzene rings is 1. The van der Waals surface area contributed by atoms with Crippen LogP contribution in [0.1, 0.15) is 33.1 Å². The van der Waals surface area contributed by atoms with Gasteiger partial charge in [0, 0.05) is 6.04 Å². The first-order chi connectivity index (χ1) is 8.22. The van der Waals surface area contributed by atoms with Crippen molar-refractivity contribution in [2.45, 2.75) is 39.2 Å². The van der Waals surface area contributed by atoms with E-state index in [4.69, 9.17) is 10.5 Å². The Labute approximate surface area is 103 Å². The van der Waals surface area contributed by atoms with E-state index in [0.29, 0.717) is 12.6 Å². The normalized spacial score (nSPS) is 23.6.